The maximum absolute atomic E-state index is 14.3. The Labute approximate surface area is 279 Å². The highest BCUT2D eigenvalue weighted by Crippen LogP contribution is 2.32. The monoisotopic (exact) mass is 664 g/mol. The number of urea groups is 1. The number of rotatable bonds is 9. The summed E-state index contributed by atoms with van der Waals surface area (Å²) in [6.07, 6.45) is 1.27. The van der Waals surface area contributed by atoms with E-state index in [2.05, 4.69) is 26.6 Å². The Hall–Kier alpha value is -5.72. The van der Waals surface area contributed by atoms with Gasteiger partial charge in [-0.3, -0.25) is 14.7 Å². The maximum atomic E-state index is 14.3. The van der Waals surface area contributed by atoms with E-state index < -0.39 is 18.2 Å². The number of carbonyl (C=O) groups excluding carboxylic acids is 3. The molecule has 0 aliphatic carbocycles. The highest BCUT2D eigenvalue weighted by atomic mass is 32.1. The lowest BCUT2D eigenvalue weighted by molar-refractivity contribution is -0.157. The first-order valence-corrected chi connectivity index (χ1v) is 16.1. The van der Waals surface area contributed by atoms with Crippen LogP contribution in [0.5, 0.6) is 5.75 Å². The predicted molar refractivity (Wildman–Crippen MR) is 178 cm³/mol. The van der Waals surface area contributed by atoms with Crippen LogP contribution in [0.2, 0.25) is 0 Å². The Kier molecular flexibility index (Phi) is 8.26. The molecular formula is C33H32N10O4S. The lowest BCUT2D eigenvalue weighted by atomic mass is 9.99. The number of nitrogens with zero attached hydrogens (tertiary/aromatic N) is 7. The molecule has 0 radical (unpaired) electrons. The number of hydrogen-bond acceptors (Lipinski definition) is 10. The van der Waals surface area contributed by atoms with Crippen molar-refractivity contribution in [2.45, 2.75) is 31.7 Å². The number of nitrogens with two attached hydrogens (primary N) is 1. The number of nitriles is 1. The molecule has 5 aromatic rings. The summed E-state index contributed by atoms with van der Waals surface area (Å²) in [5.74, 6) is 0.171. The molecule has 0 bridgehead atoms. The van der Waals surface area contributed by atoms with E-state index in [-0.39, 0.29) is 51.0 Å². The summed E-state index contributed by atoms with van der Waals surface area (Å²) < 4.78 is 6.12. The lowest BCUT2D eigenvalue weighted by Crippen LogP contribution is -2.66. The number of thiazole rings is 1. The molecule has 2 aromatic heterocycles. The number of nitrogen functional groups attached to an aromatic ring is 1. The Morgan fingerprint density at radius 1 is 1.19 bits per heavy atom. The fourth-order valence-corrected chi connectivity index (χ4v) is 7.23. The van der Waals surface area contributed by atoms with Gasteiger partial charge >= 0.3 is 6.03 Å². The van der Waals surface area contributed by atoms with E-state index in [4.69, 9.17) is 10.5 Å². The highest BCUT2D eigenvalue weighted by molar-refractivity contribution is 7.22. The van der Waals surface area contributed by atoms with Crippen molar-refractivity contribution in [2.24, 2.45) is 0 Å². The Balaban J connectivity index is 1.20. The second-order valence-electron chi connectivity index (χ2n) is 11.6. The van der Waals surface area contributed by atoms with Gasteiger partial charge in [-0.25, -0.2) is 14.8 Å². The molecule has 3 aromatic carbocycles. The third-order valence-corrected chi connectivity index (χ3v) is 9.60. The van der Waals surface area contributed by atoms with Crippen molar-refractivity contribution in [2.75, 3.05) is 32.5 Å². The van der Waals surface area contributed by atoms with E-state index in [0.717, 1.165) is 37.8 Å². The van der Waals surface area contributed by atoms with Crippen LogP contribution in [0.1, 0.15) is 16.7 Å². The van der Waals surface area contributed by atoms with E-state index >= 15 is 0 Å². The molecule has 14 nitrogen and oxygen atoms in total. The zero-order valence-corrected chi connectivity index (χ0v) is 26.8. The van der Waals surface area contributed by atoms with Crippen LogP contribution in [-0.4, -0.2) is 91.8 Å². The van der Waals surface area contributed by atoms with E-state index in [0.29, 0.717) is 10.9 Å². The number of piperazine rings is 1. The zero-order chi connectivity index (χ0) is 33.4. The summed E-state index contributed by atoms with van der Waals surface area (Å²) in [6.45, 7) is 0.0833. The normalized spacial score (nSPS) is 17.9. The topological polar surface area (TPSA) is 177 Å². The van der Waals surface area contributed by atoms with Gasteiger partial charge in [0, 0.05) is 24.9 Å². The minimum Gasteiger partial charge on any atom is -0.497 e. The summed E-state index contributed by atoms with van der Waals surface area (Å²) in [6, 6.07) is 19.4. The third kappa shape index (κ3) is 5.83. The number of ether oxygens (including phenoxy) is 1. The largest absolute Gasteiger partial charge is 0.497 e. The van der Waals surface area contributed by atoms with Gasteiger partial charge in [0.2, 0.25) is 11.8 Å². The van der Waals surface area contributed by atoms with Gasteiger partial charge in [0.15, 0.2) is 5.13 Å². The van der Waals surface area contributed by atoms with Gasteiger partial charge < -0.3 is 25.6 Å². The summed E-state index contributed by atoms with van der Waals surface area (Å²) in [5, 5.41) is 23.8. The van der Waals surface area contributed by atoms with Crippen molar-refractivity contribution in [3.05, 3.63) is 83.6 Å². The minimum absolute atomic E-state index is 0.117. The Morgan fingerprint density at radius 3 is 2.79 bits per heavy atom. The van der Waals surface area contributed by atoms with Crippen LogP contribution in [0.4, 0.5) is 9.93 Å². The molecule has 15 heteroatoms. The van der Waals surface area contributed by atoms with Crippen molar-refractivity contribution in [1.82, 2.24) is 40.3 Å². The van der Waals surface area contributed by atoms with Crippen molar-refractivity contribution >= 4 is 55.4 Å². The quantitative estimate of drug-likeness (QED) is 0.200. The van der Waals surface area contributed by atoms with Gasteiger partial charge in [-0.05, 0) is 47.0 Å². The number of nitrogens with one attached hydrogen (secondary N) is 2. The van der Waals surface area contributed by atoms with Crippen LogP contribution < -0.4 is 15.8 Å². The number of H-pyrrole nitrogens is 1. The molecule has 2 aliphatic rings. The molecule has 244 valence electrons. The number of aromatic nitrogens is 3. The first-order valence-electron chi connectivity index (χ1n) is 15.3. The molecule has 0 unspecified atom stereocenters. The van der Waals surface area contributed by atoms with Crippen LogP contribution in [0, 0.1) is 11.3 Å². The first-order chi connectivity index (χ1) is 23.3. The SMILES string of the molecule is COc1ccc(CNC(=O)N(CC#N)N2CC(=O)N3[C@@H](Cc4ccc5[nH]ncc5c4)C(=O)N(Cc4cccc5sc(N)nc45)C[C@@H]32)cc1. The van der Waals surface area contributed by atoms with Gasteiger partial charge in [-0.15, -0.1) is 0 Å². The summed E-state index contributed by atoms with van der Waals surface area (Å²) in [4.78, 5) is 49.5. The molecule has 48 heavy (non-hydrogen) atoms. The molecule has 2 aliphatic heterocycles. The average molecular weight is 665 g/mol. The molecule has 2 atom stereocenters. The second kappa shape index (κ2) is 12.8. The Bertz CT molecular complexity index is 2050. The van der Waals surface area contributed by atoms with Crippen molar-refractivity contribution in [3.63, 3.8) is 0 Å². The van der Waals surface area contributed by atoms with Gasteiger partial charge in [0.1, 0.15) is 24.5 Å². The maximum Gasteiger partial charge on any atom is 0.333 e. The molecular weight excluding hydrogens is 632 g/mol. The molecule has 2 saturated heterocycles. The number of carbonyl (C=O) groups is 3. The lowest BCUT2D eigenvalue weighted by Gasteiger charge is -2.46. The van der Waals surface area contributed by atoms with Crippen LogP contribution >= 0.6 is 11.3 Å². The highest BCUT2D eigenvalue weighted by Gasteiger charge is 2.52. The number of methoxy groups -OCH3 is 1. The third-order valence-electron chi connectivity index (χ3n) is 8.75. The van der Waals surface area contributed by atoms with Gasteiger partial charge in [0.25, 0.3) is 0 Å². The Morgan fingerprint density at radius 2 is 2.00 bits per heavy atom. The number of hydrogen-bond donors (Lipinski definition) is 3. The van der Waals surface area contributed by atoms with E-state index in [1.807, 2.05) is 48.5 Å². The summed E-state index contributed by atoms with van der Waals surface area (Å²) in [7, 11) is 1.58. The standard InChI is InChI=1S/C33H32N10O4S/c1-47-24-8-5-20(6-9-24)15-36-33(46)41(12-11-34)42-19-29(44)43-26(14-21-7-10-25-23(13-21)16-37-39-25)31(45)40(18-28(42)43)17-22-3-2-4-27-30(22)38-32(35)48-27/h2-10,13,16,26,28H,12,14-15,17-19H2,1H3,(H2,35,38)(H,36,46)(H,37,39)/t26-,28+/m0/s1. The number of hydrazine groups is 1. The molecule has 2 fully saturated rings. The van der Waals surface area contributed by atoms with Crippen LogP contribution in [-0.2, 0) is 29.1 Å². The molecule has 0 spiro atoms. The second-order valence-corrected chi connectivity index (χ2v) is 12.7. The summed E-state index contributed by atoms with van der Waals surface area (Å²) in [5.41, 5.74) is 10.1. The van der Waals surface area contributed by atoms with Crippen molar-refractivity contribution < 1.29 is 19.1 Å². The van der Waals surface area contributed by atoms with Gasteiger partial charge in [-0.2, -0.15) is 15.4 Å². The number of amides is 4. The molecule has 4 heterocycles. The smallest absolute Gasteiger partial charge is 0.333 e. The van der Waals surface area contributed by atoms with Crippen LogP contribution in [0.15, 0.2) is 66.9 Å². The van der Waals surface area contributed by atoms with Crippen LogP contribution in [0.25, 0.3) is 21.1 Å². The van der Waals surface area contributed by atoms with E-state index in [1.54, 1.807) is 40.2 Å². The number of fused-ring (bicyclic) bond motifs is 3. The minimum atomic E-state index is -0.850. The molecule has 7 rings (SSSR count). The van der Waals surface area contributed by atoms with Crippen molar-refractivity contribution in [1.29, 1.82) is 5.26 Å². The predicted octanol–water partition coefficient (Wildman–Crippen LogP) is 2.84. The summed E-state index contributed by atoms with van der Waals surface area (Å²) >= 11 is 1.37. The molecule has 0 saturated carbocycles. The fraction of sp³-hybridized carbons (Fsp3) is 0.273. The number of benzene rings is 3. The van der Waals surface area contributed by atoms with E-state index in [9.17, 15) is 19.6 Å². The molecule has 4 N–H and O–H groups in total. The number of aromatic amines is 1. The molecule has 4 amide bonds. The average Bonchev–Trinajstić information content (AvgIpc) is 3.81. The first kappa shape index (κ1) is 30.9. The number of para-hydroxylation sites is 1. The van der Waals surface area contributed by atoms with Crippen LogP contribution in [0.3, 0.4) is 0 Å². The van der Waals surface area contributed by atoms with Gasteiger partial charge in [-0.1, -0.05) is 41.7 Å². The number of anilines is 1. The van der Waals surface area contributed by atoms with Gasteiger partial charge in [0.05, 0.1) is 48.2 Å². The van der Waals surface area contributed by atoms with E-state index in [1.165, 1.54) is 16.3 Å². The zero-order valence-electron chi connectivity index (χ0n) is 26.0. The van der Waals surface area contributed by atoms with Crippen molar-refractivity contribution in [3.8, 4) is 11.8 Å². The fourth-order valence-electron chi connectivity index (χ4n) is 6.45.